The molecule has 2 aliphatic rings. The van der Waals surface area contributed by atoms with Crippen LogP contribution in [0.25, 0.3) is 0 Å². The Morgan fingerprint density at radius 2 is 1.69 bits per heavy atom. The van der Waals surface area contributed by atoms with Gasteiger partial charge in [0.1, 0.15) is 0 Å². The fourth-order valence-electron chi connectivity index (χ4n) is 4.83. The molecule has 15 heteroatoms. The number of carbonyl (C=O) groups excluding carboxylic acids is 2. The molecule has 0 spiro atoms. The number of ketones is 1. The summed E-state index contributed by atoms with van der Waals surface area (Å²) in [4.78, 5) is 42.3. The molecule has 2 aromatic heterocycles. The molecule has 4 rings (SSSR count). The third kappa shape index (κ3) is 5.88. The van der Waals surface area contributed by atoms with E-state index in [9.17, 15) is 41.4 Å². The molecular formula is C24H23Cl2F5N4O4. The topological polar surface area (TPSA) is 105 Å². The Morgan fingerprint density at radius 1 is 1.13 bits per heavy atom. The van der Waals surface area contributed by atoms with Gasteiger partial charge in [0.2, 0.25) is 0 Å². The average molecular weight is 597 g/mol. The highest BCUT2D eigenvalue weighted by atomic mass is 35.5. The van der Waals surface area contributed by atoms with Crippen molar-refractivity contribution in [1.82, 2.24) is 19.7 Å². The van der Waals surface area contributed by atoms with Gasteiger partial charge in [-0.2, -0.15) is 18.3 Å². The molecule has 2 heterocycles. The minimum Gasteiger partial charge on any atom is -0.481 e. The van der Waals surface area contributed by atoms with E-state index in [1.807, 2.05) is 0 Å². The molecule has 2 aliphatic carbocycles. The van der Waals surface area contributed by atoms with Crippen LogP contribution in [0, 0.1) is 11.3 Å². The number of pyridine rings is 1. The number of Topliss-reactive ketones (excluding diaryl/α,β-unsaturated/α-hetero) is 1. The first-order chi connectivity index (χ1) is 18.0. The van der Waals surface area contributed by atoms with Gasteiger partial charge < -0.3 is 10.0 Å². The van der Waals surface area contributed by atoms with E-state index in [1.165, 1.54) is 6.92 Å². The first-order valence-electron chi connectivity index (χ1n) is 11.9. The van der Waals surface area contributed by atoms with Gasteiger partial charge in [-0.25, -0.2) is 8.78 Å². The second-order valence-corrected chi connectivity index (χ2v) is 11.0. The maximum absolute atomic E-state index is 14.3. The summed E-state index contributed by atoms with van der Waals surface area (Å²) in [6.45, 7) is -0.0311. The number of hydrogen-bond donors (Lipinski definition) is 1. The lowest BCUT2D eigenvalue weighted by Gasteiger charge is -2.34. The summed E-state index contributed by atoms with van der Waals surface area (Å²) in [5.74, 6) is -7.69. The van der Waals surface area contributed by atoms with Crippen LogP contribution in [0.1, 0.15) is 71.5 Å². The summed E-state index contributed by atoms with van der Waals surface area (Å²) in [7, 11) is 0. The van der Waals surface area contributed by atoms with Gasteiger partial charge in [-0.15, -0.1) is 0 Å². The Bertz CT molecular complexity index is 1290. The zero-order chi connectivity index (χ0) is 28.9. The van der Waals surface area contributed by atoms with Crippen molar-refractivity contribution < 1.29 is 41.4 Å². The van der Waals surface area contributed by atoms with Crippen LogP contribution in [-0.4, -0.2) is 61.4 Å². The predicted octanol–water partition coefficient (Wildman–Crippen LogP) is 5.79. The molecule has 1 N–H and O–H groups in total. The molecule has 1 atom stereocenters. The monoisotopic (exact) mass is 596 g/mol. The van der Waals surface area contributed by atoms with Crippen LogP contribution in [0.5, 0.6) is 0 Å². The molecular weight excluding hydrogens is 574 g/mol. The second kappa shape index (κ2) is 10.3. The van der Waals surface area contributed by atoms with E-state index in [4.69, 9.17) is 23.2 Å². The predicted molar refractivity (Wildman–Crippen MR) is 128 cm³/mol. The van der Waals surface area contributed by atoms with Crippen LogP contribution in [0.15, 0.2) is 18.6 Å². The molecule has 0 aromatic carbocycles. The van der Waals surface area contributed by atoms with Crippen molar-refractivity contribution in [2.45, 2.75) is 57.2 Å². The van der Waals surface area contributed by atoms with Crippen molar-refractivity contribution in [3.63, 3.8) is 0 Å². The molecule has 0 bridgehead atoms. The third-order valence-corrected chi connectivity index (χ3v) is 7.94. The second-order valence-electron chi connectivity index (χ2n) is 10.2. The van der Waals surface area contributed by atoms with Crippen molar-refractivity contribution in [2.24, 2.45) is 11.3 Å². The van der Waals surface area contributed by atoms with Crippen LogP contribution in [-0.2, 0) is 11.0 Å². The smallest absolute Gasteiger partial charge is 0.433 e. The van der Waals surface area contributed by atoms with Gasteiger partial charge in [-0.1, -0.05) is 23.2 Å². The number of carbonyl (C=O) groups is 3. The van der Waals surface area contributed by atoms with Gasteiger partial charge in [-0.05, 0) is 32.6 Å². The number of nitrogens with zero attached hydrogens (tertiary/aromatic N) is 4. The Hall–Kier alpha value is -2.80. The van der Waals surface area contributed by atoms with Crippen LogP contribution in [0.4, 0.5) is 22.0 Å². The van der Waals surface area contributed by atoms with Gasteiger partial charge in [0, 0.05) is 31.3 Å². The summed E-state index contributed by atoms with van der Waals surface area (Å²) >= 11 is 12.0. The summed E-state index contributed by atoms with van der Waals surface area (Å²) in [6, 6.07) is -0.840. The normalized spacial score (nSPS) is 24.3. The number of hydrogen-bond acceptors (Lipinski definition) is 5. The lowest BCUT2D eigenvalue weighted by atomic mass is 9.74. The molecule has 1 amide bonds. The summed E-state index contributed by atoms with van der Waals surface area (Å²) < 4.78 is 71.0. The molecule has 39 heavy (non-hydrogen) atoms. The van der Waals surface area contributed by atoms with Gasteiger partial charge >= 0.3 is 12.1 Å². The van der Waals surface area contributed by atoms with Crippen molar-refractivity contribution in [1.29, 1.82) is 0 Å². The van der Waals surface area contributed by atoms with E-state index in [2.05, 4.69) is 10.1 Å². The van der Waals surface area contributed by atoms with E-state index in [1.54, 1.807) is 0 Å². The SMILES string of the molecule is C[C@]1(C(=O)O)CC[C@H](n2ncc(C(=O)N(CC(=O)c3c(Cl)cncc3Cl)C[C@@H]3CC3(F)F)c2C(F)(F)F)CC1. The fourth-order valence-corrected chi connectivity index (χ4v) is 5.41. The fraction of sp³-hybridized carbons (Fsp3) is 0.542. The molecule has 0 saturated heterocycles. The maximum atomic E-state index is 14.3. The van der Waals surface area contributed by atoms with Crippen molar-refractivity contribution in [3.8, 4) is 0 Å². The number of halogens is 7. The maximum Gasteiger partial charge on any atom is 0.433 e. The standard InChI is InChI=1S/C24H23Cl2F5N4O4/c1-22(21(38)39)4-2-13(3-5-22)35-19(24(29,30)31)14(7-33-35)20(37)34(10-12-6-23(12,27)28)11-17(36)18-15(25)8-32-9-16(18)26/h7-9,12-13H,2-6,10-11H2,1H3,(H,38,39)/t12-,13-,22-/m0/s1. The van der Waals surface area contributed by atoms with Crippen LogP contribution >= 0.6 is 23.2 Å². The van der Waals surface area contributed by atoms with Gasteiger partial charge in [-0.3, -0.25) is 24.0 Å². The van der Waals surface area contributed by atoms with Crippen LogP contribution < -0.4 is 0 Å². The molecule has 2 aromatic rings. The number of aromatic nitrogens is 3. The van der Waals surface area contributed by atoms with Crippen molar-refractivity contribution >= 4 is 40.9 Å². The van der Waals surface area contributed by atoms with E-state index < -0.39 is 77.9 Å². The van der Waals surface area contributed by atoms with E-state index >= 15 is 0 Å². The summed E-state index contributed by atoms with van der Waals surface area (Å²) in [5, 5.41) is 12.9. The Labute approximate surface area is 229 Å². The van der Waals surface area contributed by atoms with Crippen molar-refractivity contribution in [3.05, 3.63) is 45.5 Å². The Balaban J connectivity index is 1.66. The third-order valence-electron chi connectivity index (χ3n) is 7.37. The number of alkyl halides is 5. The van der Waals surface area contributed by atoms with Gasteiger partial charge in [0.25, 0.3) is 11.8 Å². The molecule has 2 fully saturated rings. The molecule has 0 unspecified atom stereocenters. The van der Waals surface area contributed by atoms with Gasteiger partial charge in [0.15, 0.2) is 11.5 Å². The minimum atomic E-state index is -5.06. The highest BCUT2D eigenvalue weighted by molar-refractivity contribution is 6.39. The highest BCUT2D eigenvalue weighted by Crippen LogP contribution is 2.49. The van der Waals surface area contributed by atoms with Crippen LogP contribution in [0.3, 0.4) is 0 Å². The zero-order valence-corrected chi connectivity index (χ0v) is 22.0. The number of rotatable bonds is 8. The Kier molecular flexibility index (Phi) is 7.71. The average Bonchev–Trinajstić information content (AvgIpc) is 3.22. The largest absolute Gasteiger partial charge is 0.481 e. The van der Waals surface area contributed by atoms with Crippen LogP contribution in [0.2, 0.25) is 10.0 Å². The van der Waals surface area contributed by atoms with Gasteiger partial charge in [0.05, 0.1) is 45.4 Å². The first kappa shape index (κ1) is 29.2. The summed E-state index contributed by atoms with van der Waals surface area (Å²) in [5.41, 5.74) is -3.64. The lowest BCUT2D eigenvalue weighted by Crippen LogP contribution is -2.39. The quantitative estimate of drug-likeness (QED) is 0.305. The molecule has 212 valence electrons. The molecule has 0 radical (unpaired) electrons. The molecule has 0 aliphatic heterocycles. The summed E-state index contributed by atoms with van der Waals surface area (Å²) in [6.07, 6.45) is -2.42. The highest BCUT2D eigenvalue weighted by Gasteiger charge is 2.58. The molecule has 2 saturated carbocycles. The number of aliphatic carboxylic acids is 1. The van der Waals surface area contributed by atoms with E-state index in [0.717, 1.165) is 12.4 Å². The number of carboxylic acids is 1. The van der Waals surface area contributed by atoms with E-state index in [0.29, 0.717) is 15.8 Å². The molecule has 8 nitrogen and oxygen atoms in total. The number of amides is 1. The minimum absolute atomic E-state index is 0.0662. The Morgan fingerprint density at radius 3 is 2.18 bits per heavy atom. The first-order valence-corrected chi connectivity index (χ1v) is 12.7. The van der Waals surface area contributed by atoms with E-state index in [-0.39, 0.29) is 41.3 Å². The zero-order valence-electron chi connectivity index (χ0n) is 20.4. The lowest BCUT2D eigenvalue weighted by molar-refractivity contribution is -0.152. The van der Waals surface area contributed by atoms with Crippen molar-refractivity contribution in [2.75, 3.05) is 13.1 Å². The number of carboxylic acid groups (broad SMARTS) is 1.